The highest BCUT2D eigenvalue weighted by Crippen LogP contribution is 2.31. The van der Waals surface area contributed by atoms with Gasteiger partial charge in [-0.2, -0.15) is 0 Å². The lowest BCUT2D eigenvalue weighted by Crippen LogP contribution is -2.57. The van der Waals surface area contributed by atoms with Crippen LogP contribution in [0.15, 0.2) is 35.0 Å². The van der Waals surface area contributed by atoms with Crippen molar-refractivity contribution in [2.75, 3.05) is 19.4 Å². The van der Waals surface area contributed by atoms with Crippen LogP contribution >= 0.6 is 11.8 Å². The third-order valence-electron chi connectivity index (χ3n) is 6.44. The van der Waals surface area contributed by atoms with Crippen LogP contribution in [-0.4, -0.2) is 77.1 Å². The van der Waals surface area contributed by atoms with Gasteiger partial charge in [0.25, 0.3) is 0 Å². The Balaban J connectivity index is 2.20. The predicted molar refractivity (Wildman–Crippen MR) is 148 cm³/mol. The number of nitrogens with one attached hydrogen (secondary N) is 2. The normalized spacial score (nSPS) is 20.1. The van der Waals surface area contributed by atoms with Crippen LogP contribution in [0, 0.1) is 5.41 Å². The molecule has 0 bridgehead atoms. The van der Waals surface area contributed by atoms with Crippen molar-refractivity contribution in [2.24, 2.45) is 10.4 Å². The van der Waals surface area contributed by atoms with Crippen LogP contribution in [0.5, 0.6) is 0 Å². The lowest BCUT2D eigenvalue weighted by Gasteiger charge is -2.35. The number of amides is 3. The molecule has 1 aliphatic rings. The smallest absolute Gasteiger partial charge is 0.246 e. The van der Waals surface area contributed by atoms with Crippen molar-refractivity contribution in [2.45, 2.75) is 71.7 Å². The maximum Gasteiger partial charge on any atom is 0.246 e. The van der Waals surface area contributed by atoms with E-state index in [4.69, 9.17) is 0 Å². The highest BCUT2D eigenvalue weighted by molar-refractivity contribution is 8.07. The van der Waals surface area contributed by atoms with Crippen molar-refractivity contribution in [3.8, 4) is 0 Å². The fourth-order valence-electron chi connectivity index (χ4n) is 4.30. The third kappa shape index (κ3) is 7.66. The summed E-state index contributed by atoms with van der Waals surface area (Å²) in [5.41, 5.74) is 1.65. The first-order chi connectivity index (χ1) is 17.4. The van der Waals surface area contributed by atoms with E-state index in [1.807, 2.05) is 58.2 Å². The second-order valence-corrected chi connectivity index (χ2v) is 11.1. The van der Waals surface area contributed by atoms with Crippen LogP contribution < -0.4 is 10.6 Å². The van der Waals surface area contributed by atoms with Crippen molar-refractivity contribution >= 4 is 41.1 Å². The van der Waals surface area contributed by atoms with Gasteiger partial charge in [-0.05, 0) is 36.4 Å². The SMILES string of the molecule is C=N/C(CO)=C(\SC)c1ccc(C(C)NC(=O)C2CC(O)CN2C(=O)C(NC(=O)CC)C(C)(C)C)cc1. The number of benzene rings is 1. The number of carbonyl (C=O) groups excluding carboxylic acids is 3. The Morgan fingerprint density at radius 3 is 2.32 bits per heavy atom. The van der Waals surface area contributed by atoms with Crippen LogP contribution in [0.25, 0.3) is 4.91 Å². The van der Waals surface area contributed by atoms with Crippen molar-refractivity contribution in [3.63, 3.8) is 0 Å². The molecule has 1 heterocycles. The minimum atomic E-state index is -0.843. The van der Waals surface area contributed by atoms with Crippen LogP contribution in [0.4, 0.5) is 0 Å². The molecule has 0 spiro atoms. The monoisotopic (exact) mass is 532 g/mol. The average Bonchev–Trinajstić information content (AvgIpc) is 3.26. The zero-order valence-corrected chi connectivity index (χ0v) is 23.4. The van der Waals surface area contributed by atoms with Gasteiger partial charge in [-0.25, -0.2) is 0 Å². The zero-order valence-electron chi connectivity index (χ0n) is 22.6. The molecule has 0 aromatic heterocycles. The number of hydrogen-bond donors (Lipinski definition) is 4. The molecule has 37 heavy (non-hydrogen) atoms. The van der Waals surface area contributed by atoms with Gasteiger partial charge < -0.3 is 25.7 Å². The lowest BCUT2D eigenvalue weighted by molar-refractivity contribution is -0.144. The van der Waals surface area contributed by atoms with E-state index in [-0.39, 0.29) is 49.8 Å². The number of rotatable bonds is 10. The summed E-state index contributed by atoms with van der Waals surface area (Å²) in [7, 11) is 0. The summed E-state index contributed by atoms with van der Waals surface area (Å²) < 4.78 is 0. The molecule has 0 aliphatic carbocycles. The highest BCUT2D eigenvalue weighted by Gasteiger charge is 2.44. The van der Waals surface area contributed by atoms with Crippen LogP contribution in [-0.2, 0) is 14.4 Å². The average molecular weight is 533 g/mol. The second-order valence-electron chi connectivity index (χ2n) is 10.3. The summed E-state index contributed by atoms with van der Waals surface area (Å²) >= 11 is 1.46. The number of thioether (sulfide) groups is 1. The topological polar surface area (TPSA) is 131 Å². The van der Waals surface area contributed by atoms with Crippen molar-refractivity contribution in [1.82, 2.24) is 15.5 Å². The quantitative estimate of drug-likeness (QED) is 0.343. The number of aliphatic hydroxyl groups excluding tert-OH is 2. The summed E-state index contributed by atoms with van der Waals surface area (Å²) in [5.74, 6) is -0.991. The summed E-state index contributed by atoms with van der Waals surface area (Å²) in [4.78, 5) is 44.9. The Morgan fingerprint density at radius 1 is 1.22 bits per heavy atom. The Morgan fingerprint density at radius 2 is 1.84 bits per heavy atom. The first-order valence-corrected chi connectivity index (χ1v) is 13.6. The Labute approximate surface area is 223 Å². The number of carbonyl (C=O) groups is 3. The molecule has 9 nitrogen and oxygen atoms in total. The summed E-state index contributed by atoms with van der Waals surface area (Å²) in [6.07, 6.45) is 1.44. The number of likely N-dealkylation sites (tertiary alicyclic amines) is 1. The predicted octanol–water partition coefficient (Wildman–Crippen LogP) is 2.49. The number of aliphatic hydroxyl groups is 2. The van der Waals surface area contributed by atoms with Crippen LogP contribution in [0.3, 0.4) is 0 Å². The van der Waals surface area contributed by atoms with E-state index >= 15 is 0 Å². The van der Waals surface area contributed by atoms with E-state index in [9.17, 15) is 24.6 Å². The molecular formula is C27H40N4O5S. The standard InChI is InChI=1S/C27H40N4O5S/c1-8-22(34)30-24(27(3,4)5)26(36)31-14-19(33)13-21(31)25(35)29-16(2)17-9-11-18(12-10-17)23(37-7)20(15-32)28-6/h9-12,16,19,21,24,32-33H,6,8,13-15H2,1-5,7H3,(H,29,35)(H,30,34)/b23-20-. The molecule has 4 unspecified atom stereocenters. The fourth-order valence-corrected chi connectivity index (χ4v) is 5.03. The molecule has 1 fully saturated rings. The number of nitrogens with zero attached hydrogens (tertiary/aromatic N) is 2. The molecule has 10 heteroatoms. The van der Waals surface area contributed by atoms with E-state index in [2.05, 4.69) is 22.3 Å². The zero-order chi connectivity index (χ0) is 27.9. The van der Waals surface area contributed by atoms with E-state index in [0.717, 1.165) is 16.0 Å². The molecule has 0 saturated carbocycles. The van der Waals surface area contributed by atoms with E-state index in [1.54, 1.807) is 6.92 Å². The molecule has 1 aliphatic heterocycles. The molecule has 3 amide bonds. The largest absolute Gasteiger partial charge is 0.391 e. The van der Waals surface area contributed by atoms with Gasteiger partial charge in [0, 0.05) is 24.3 Å². The van der Waals surface area contributed by atoms with Gasteiger partial charge in [0.1, 0.15) is 12.1 Å². The number of aliphatic imine (C=N–C) groups is 1. The molecular weight excluding hydrogens is 492 g/mol. The van der Waals surface area contributed by atoms with Gasteiger partial charge in [0.2, 0.25) is 17.7 Å². The van der Waals surface area contributed by atoms with E-state index in [0.29, 0.717) is 5.70 Å². The Kier molecular flexibility index (Phi) is 10.9. The van der Waals surface area contributed by atoms with Crippen LogP contribution in [0.1, 0.15) is 64.6 Å². The maximum atomic E-state index is 13.5. The van der Waals surface area contributed by atoms with Crippen molar-refractivity contribution in [3.05, 3.63) is 41.1 Å². The van der Waals surface area contributed by atoms with Gasteiger partial charge in [-0.1, -0.05) is 52.0 Å². The van der Waals surface area contributed by atoms with Gasteiger partial charge in [-0.3, -0.25) is 19.4 Å². The maximum absolute atomic E-state index is 13.5. The van der Waals surface area contributed by atoms with Gasteiger partial charge in [0.05, 0.1) is 24.4 Å². The summed E-state index contributed by atoms with van der Waals surface area (Å²) in [6, 6.07) is 5.54. The van der Waals surface area contributed by atoms with Crippen molar-refractivity contribution < 1.29 is 24.6 Å². The van der Waals surface area contributed by atoms with Crippen LogP contribution in [0.2, 0.25) is 0 Å². The van der Waals surface area contributed by atoms with Gasteiger partial charge in [-0.15, -0.1) is 11.8 Å². The molecule has 4 atom stereocenters. The molecule has 2 rings (SSSR count). The van der Waals surface area contributed by atoms with E-state index < -0.39 is 23.6 Å². The Bertz CT molecular complexity index is 1020. The van der Waals surface area contributed by atoms with E-state index in [1.165, 1.54) is 16.7 Å². The molecule has 4 N–H and O–H groups in total. The second kappa shape index (κ2) is 13.2. The summed E-state index contributed by atoms with van der Waals surface area (Å²) in [6.45, 7) is 12.4. The highest BCUT2D eigenvalue weighted by atomic mass is 32.2. The molecule has 1 aromatic carbocycles. The fraction of sp³-hybridized carbons (Fsp3) is 0.556. The third-order valence-corrected chi connectivity index (χ3v) is 7.32. The first kappa shape index (κ1) is 30.5. The lowest BCUT2D eigenvalue weighted by atomic mass is 9.85. The van der Waals surface area contributed by atoms with Gasteiger partial charge in [0.15, 0.2) is 0 Å². The minimum Gasteiger partial charge on any atom is -0.391 e. The molecule has 1 saturated heterocycles. The summed E-state index contributed by atoms with van der Waals surface area (Å²) in [5, 5.41) is 25.6. The molecule has 204 valence electrons. The van der Waals surface area contributed by atoms with Crippen molar-refractivity contribution in [1.29, 1.82) is 0 Å². The Hall–Kier alpha value is -2.69. The number of β-amino-alcohol motifs (C(OH)–C–C–N with tert-alkyl or cyclic N) is 1. The first-order valence-electron chi connectivity index (χ1n) is 12.4. The van der Waals surface area contributed by atoms with Gasteiger partial charge >= 0.3 is 0 Å². The molecule has 1 aromatic rings. The minimum absolute atomic E-state index is 0.0307. The molecule has 0 radical (unpaired) electrons. The number of hydrogen-bond acceptors (Lipinski definition) is 7.